The van der Waals surface area contributed by atoms with E-state index in [0.29, 0.717) is 10.6 Å². The van der Waals surface area contributed by atoms with Crippen molar-refractivity contribution in [3.8, 4) is 12.1 Å². The third-order valence-electron chi connectivity index (χ3n) is 5.09. The zero-order valence-corrected chi connectivity index (χ0v) is 15.7. The van der Waals surface area contributed by atoms with Crippen LogP contribution in [0, 0.1) is 35.0 Å². The summed E-state index contributed by atoms with van der Waals surface area (Å²) in [6.45, 7) is 1.96. The van der Waals surface area contributed by atoms with Gasteiger partial charge in [-0.1, -0.05) is 53.6 Å². The predicted octanol–water partition coefficient (Wildman–Crippen LogP) is 3.65. The number of nitrogens with one attached hydrogen (secondary N) is 1. The molecule has 0 saturated carbocycles. The first kappa shape index (κ1) is 18.9. The van der Waals surface area contributed by atoms with E-state index in [0.717, 1.165) is 11.1 Å². The summed E-state index contributed by atoms with van der Waals surface area (Å²) in [7, 11) is 1.29. The highest BCUT2D eigenvalue weighted by Gasteiger charge is 2.60. The zero-order valence-electron chi connectivity index (χ0n) is 14.9. The largest absolute Gasteiger partial charge is 0.468 e. The van der Waals surface area contributed by atoms with Crippen LogP contribution in [0.1, 0.15) is 28.7 Å². The van der Waals surface area contributed by atoms with Gasteiger partial charge in [-0.15, -0.1) is 0 Å². The molecule has 3 atom stereocenters. The average Bonchev–Trinajstić information content (AvgIpc) is 3.04. The molecule has 1 saturated heterocycles. The molecule has 5 nitrogen and oxygen atoms in total. The minimum atomic E-state index is -1.48. The van der Waals surface area contributed by atoms with E-state index < -0.39 is 29.4 Å². The van der Waals surface area contributed by atoms with E-state index >= 15 is 0 Å². The Morgan fingerprint density at radius 1 is 1.07 bits per heavy atom. The van der Waals surface area contributed by atoms with Gasteiger partial charge in [-0.2, -0.15) is 10.5 Å². The number of aryl methyl sites for hydroxylation is 1. The molecule has 0 bridgehead atoms. The molecule has 3 rings (SSSR count). The first-order valence-electron chi connectivity index (χ1n) is 8.45. The SMILES string of the molecule is COC(=O)[C@@H]1N[C@@H](c2ccc(C)cc2)C(C#N)(C#N)[C@H]1c1ccc(Cl)cc1. The Bertz CT molecular complexity index is 912. The second-order valence-corrected chi connectivity index (χ2v) is 7.07. The molecule has 6 heteroatoms. The van der Waals surface area contributed by atoms with Crippen molar-refractivity contribution in [1.82, 2.24) is 5.32 Å². The Morgan fingerprint density at radius 2 is 1.63 bits per heavy atom. The number of methoxy groups -OCH3 is 1. The molecule has 1 aliphatic rings. The molecule has 27 heavy (non-hydrogen) atoms. The van der Waals surface area contributed by atoms with Crippen molar-refractivity contribution in [1.29, 1.82) is 10.5 Å². The van der Waals surface area contributed by atoms with Gasteiger partial charge in [-0.25, -0.2) is 0 Å². The maximum atomic E-state index is 12.5. The van der Waals surface area contributed by atoms with Gasteiger partial charge in [0.05, 0.1) is 25.3 Å². The molecule has 0 unspecified atom stereocenters. The van der Waals surface area contributed by atoms with Crippen LogP contribution in [-0.4, -0.2) is 19.1 Å². The lowest BCUT2D eigenvalue weighted by Gasteiger charge is -2.27. The maximum absolute atomic E-state index is 12.5. The van der Waals surface area contributed by atoms with Crippen LogP contribution >= 0.6 is 11.6 Å². The van der Waals surface area contributed by atoms with Crippen LogP contribution in [0.4, 0.5) is 0 Å². The normalized spacial score (nSPS) is 23.2. The Hall–Kier alpha value is -2.86. The highest BCUT2D eigenvalue weighted by molar-refractivity contribution is 6.30. The quantitative estimate of drug-likeness (QED) is 0.822. The molecule has 0 spiro atoms. The highest BCUT2D eigenvalue weighted by atomic mass is 35.5. The molecule has 1 heterocycles. The van der Waals surface area contributed by atoms with Gasteiger partial charge < -0.3 is 4.74 Å². The summed E-state index contributed by atoms with van der Waals surface area (Å²) in [5, 5.41) is 23.9. The fourth-order valence-corrected chi connectivity index (χ4v) is 3.84. The lowest BCUT2D eigenvalue weighted by atomic mass is 9.69. The van der Waals surface area contributed by atoms with Gasteiger partial charge in [0.15, 0.2) is 5.41 Å². The number of rotatable bonds is 3. The number of carbonyl (C=O) groups is 1. The first-order chi connectivity index (χ1) is 13.0. The third kappa shape index (κ3) is 3.17. The molecular weight excluding hydrogens is 362 g/mol. The van der Waals surface area contributed by atoms with Crippen LogP contribution in [0.25, 0.3) is 0 Å². The molecule has 0 aliphatic carbocycles. The van der Waals surface area contributed by atoms with E-state index in [9.17, 15) is 15.3 Å². The number of esters is 1. The monoisotopic (exact) mass is 379 g/mol. The van der Waals surface area contributed by atoms with E-state index in [1.807, 2.05) is 31.2 Å². The van der Waals surface area contributed by atoms with Crippen LogP contribution in [0.15, 0.2) is 48.5 Å². The number of hydrogen-bond donors (Lipinski definition) is 1. The summed E-state index contributed by atoms with van der Waals surface area (Å²) in [6, 6.07) is 17.3. The van der Waals surface area contributed by atoms with Gasteiger partial charge in [-0.05, 0) is 30.2 Å². The maximum Gasteiger partial charge on any atom is 0.323 e. The summed E-state index contributed by atoms with van der Waals surface area (Å²) < 4.78 is 4.95. The molecule has 2 aromatic rings. The summed E-state index contributed by atoms with van der Waals surface area (Å²) in [5.41, 5.74) is 1.03. The second kappa shape index (κ2) is 7.40. The molecular formula is C21H18ClN3O2. The van der Waals surface area contributed by atoms with E-state index in [-0.39, 0.29) is 0 Å². The predicted molar refractivity (Wildman–Crippen MR) is 101 cm³/mol. The van der Waals surface area contributed by atoms with E-state index in [2.05, 4.69) is 17.5 Å². The van der Waals surface area contributed by atoms with Gasteiger partial charge in [-0.3, -0.25) is 10.1 Å². The summed E-state index contributed by atoms with van der Waals surface area (Å²) in [6.07, 6.45) is 0. The van der Waals surface area contributed by atoms with E-state index in [1.54, 1.807) is 24.3 Å². The Morgan fingerprint density at radius 3 is 2.15 bits per heavy atom. The molecule has 136 valence electrons. The van der Waals surface area contributed by atoms with Crippen molar-refractivity contribution in [2.24, 2.45) is 5.41 Å². The van der Waals surface area contributed by atoms with Crippen LogP contribution < -0.4 is 5.32 Å². The smallest absolute Gasteiger partial charge is 0.323 e. The van der Waals surface area contributed by atoms with Gasteiger partial charge in [0.1, 0.15) is 6.04 Å². The van der Waals surface area contributed by atoms with E-state index in [4.69, 9.17) is 16.3 Å². The average molecular weight is 380 g/mol. The third-order valence-corrected chi connectivity index (χ3v) is 5.34. The lowest BCUT2D eigenvalue weighted by Crippen LogP contribution is -2.37. The molecule has 2 aromatic carbocycles. The molecule has 0 aromatic heterocycles. The minimum absolute atomic E-state index is 0.514. The summed E-state index contributed by atoms with van der Waals surface area (Å²) >= 11 is 5.99. The number of ether oxygens (including phenoxy) is 1. The van der Waals surface area contributed by atoms with Crippen molar-refractivity contribution < 1.29 is 9.53 Å². The number of nitrogens with zero attached hydrogens (tertiary/aromatic N) is 2. The van der Waals surface area contributed by atoms with Crippen LogP contribution in [0.2, 0.25) is 5.02 Å². The van der Waals surface area contributed by atoms with Crippen LogP contribution in [-0.2, 0) is 9.53 Å². The summed E-state index contributed by atoms with van der Waals surface area (Å²) in [4.78, 5) is 12.5. The minimum Gasteiger partial charge on any atom is -0.468 e. The number of hydrogen-bond acceptors (Lipinski definition) is 5. The van der Waals surface area contributed by atoms with Crippen molar-refractivity contribution >= 4 is 17.6 Å². The molecule has 1 aliphatic heterocycles. The van der Waals surface area contributed by atoms with Crippen molar-refractivity contribution in [2.45, 2.75) is 24.9 Å². The highest BCUT2D eigenvalue weighted by Crippen LogP contribution is 2.52. The van der Waals surface area contributed by atoms with Gasteiger partial charge in [0, 0.05) is 10.9 Å². The topological polar surface area (TPSA) is 85.9 Å². The number of carbonyl (C=O) groups excluding carboxylic acids is 1. The van der Waals surface area contributed by atoms with Gasteiger partial charge >= 0.3 is 5.97 Å². The zero-order chi connectivity index (χ0) is 19.6. The van der Waals surface area contributed by atoms with Crippen LogP contribution in [0.5, 0.6) is 0 Å². The Kier molecular flexibility index (Phi) is 5.19. The fraction of sp³-hybridized carbons (Fsp3) is 0.286. The van der Waals surface area contributed by atoms with Gasteiger partial charge in [0.25, 0.3) is 0 Å². The van der Waals surface area contributed by atoms with Gasteiger partial charge in [0.2, 0.25) is 0 Å². The second-order valence-electron chi connectivity index (χ2n) is 6.63. The molecule has 0 radical (unpaired) electrons. The number of halogens is 1. The van der Waals surface area contributed by atoms with Crippen LogP contribution in [0.3, 0.4) is 0 Å². The Labute approximate surface area is 163 Å². The fourth-order valence-electron chi connectivity index (χ4n) is 3.72. The standard InChI is InChI=1S/C21H18ClN3O2/c1-13-3-5-15(6-4-13)19-21(11-23,12-24)17(18(25-19)20(26)27-2)14-7-9-16(22)10-8-14/h3-10,17-19,25H,1-2H3/t17-,18+,19-/m0/s1. The van der Waals surface area contributed by atoms with Crippen molar-refractivity contribution in [3.63, 3.8) is 0 Å². The number of benzene rings is 2. The molecule has 1 N–H and O–H groups in total. The van der Waals surface area contributed by atoms with Crippen molar-refractivity contribution in [2.75, 3.05) is 7.11 Å². The van der Waals surface area contributed by atoms with Crippen molar-refractivity contribution in [3.05, 3.63) is 70.2 Å². The summed E-state index contributed by atoms with van der Waals surface area (Å²) in [5.74, 6) is -1.22. The lowest BCUT2D eigenvalue weighted by molar-refractivity contribution is -0.143. The molecule has 0 amide bonds. The number of nitriles is 2. The first-order valence-corrected chi connectivity index (χ1v) is 8.83. The molecule has 1 fully saturated rings. The Balaban J connectivity index is 2.18. The van der Waals surface area contributed by atoms with E-state index in [1.165, 1.54) is 7.11 Å².